The lowest BCUT2D eigenvalue weighted by Gasteiger charge is -2.16. The number of amides is 3. The Labute approximate surface area is 177 Å². The highest BCUT2D eigenvalue weighted by Crippen LogP contribution is 2.44. The number of fused-ring (bicyclic) bond motifs is 1. The first-order chi connectivity index (χ1) is 13.9. The molecule has 4 rings (SSSR count). The molecule has 3 amide bonds. The Balaban J connectivity index is 1.69. The first-order valence-electron chi connectivity index (χ1n) is 9.02. The van der Waals surface area contributed by atoms with Crippen LogP contribution in [0.25, 0.3) is 5.57 Å². The molecule has 0 radical (unpaired) electrons. The third kappa shape index (κ3) is 3.14. The Morgan fingerprint density at radius 2 is 1.76 bits per heavy atom. The SMILES string of the molecule is CCN1C(=O)/C(=C2\SC(=S)N(NC(=O)c3ccccc3C)C2=O)c2ccccc21. The van der Waals surface area contributed by atoms with Crippen LogP contribution in [0.3, 0.4) is 0 Å². The van der Waals surface area contributed by atoms with Crippen molar-refractivity contribution in [1.29, 1.82) is 0 Å². The number of anilines is 1. The molecule has 2 aliphatic heterocycles. The Morgan fingerprint density at radius 3 is 2.48 bits per heavy atom. The van der Waals surface area contributed by atoms with Crippen molar-refractivity contribution in [3.8, 4) is 0 Å². The van der Waals surface area contributed by atoms with Crippen molar-refractivity contribution in [3.63, 3.8) is 0 Å². The monoisotopic (exact) mass is 423 g/mol. The van der Waals surface area contributed by atoms with Crippen molar-refractivity contribution in [2.24, 2.45) is 0 Å². The smallest absolute Gasteiger partial charge is 0.286 e. The minimum Gasteiger partial charge on any atom is -0.308 e. The second-order valence-corrected chi connectivity index (χ2v) is 8.18. The summed E-state index contributed by atoms with van der Waals surface area (Å²) in [5.41, 5.74) is 5.61. The minimum atomic E-state index is -0.502. The van der Waals surface area contributed by atoms with Gasteiger partial charge in [-0.3, -0.25) is 19.8 Å². The van der Waals surface area contributed by atoms with Gasteiger partial charge in [0.2, 0.25) is 0 Å². The first-order valence-corrected chi connectivity index (χ1v) is 10.2. The summed E-state index contributed by atoms with van der Waals surface area (Å²) in [6.45, 7) is 4.18. The summed E-state index contributed by atoms with van der Waals surface area (Å²) in [6, 6.07) is 14.4. The molecule has 1 N–H and O–H groups in total. The molecule has 1 fully saturated rings. The summed E-state index contributed by atoms with van der Waals surface area (Å²) >= 11 is 6.35. The summed E-state index contributed by atoms with van der Waals surface area (Å²) in [6.07, 6.45) is 0. The fourth-order valence-corrected chi connectivity index (χ4v) is 4.67. The number of benzene rings is 2. The summed E-state index contributed by atoms with van der Waals surface area (Å²) in [5.74, 6) is -1.17. The average molecular weight is 424 g/mol. The first kappa shape index (κ1) is 19.4. The number of nitrogens with zero attached hydrogens (tertiary/aromatic N) is 2. The normalized spacial score (nSPS) is 18.5. The number of thiocarbonyl (C=S) groups is 1. The summed E-state index contributed by atoms with van der Waals surface area (Å²) in [5, 5.41) is 1.04. The molecule has 1 saturated heterocycles. The number of hydrazine groups is 1. The summed E-state index contributed by atoms with van der Waals surface area (Å²) < 4.78 is 0.180. The van der Waals surface area contributed by atoms with E-state index in [0.717, 1.165) is 28.0 Å². The van der Waals surface area contributed by atoms with E-state index in [4.69, 9.17) is 12.2 Å². The molecule has 2 aromatic carbocycles. The van der Waals surface area contributed by atoms with Crippen molar-refractivity contribution >= 4 is 57.3 Å². The van der Waals surface area contributed by atoms with Crippen molar-refractivity contribution in [3.05, 3.63) is 70.1 Å². The van der Waals surface area contributed by atoms with Gasteiger partial charge in [0.15, 0.2) is 4.32 Å². The van der Waals surface area contributed by atoms with Crippen LogP contribution >= 0.6 is 24.0 Å². The van der Waals surface area contributed by atoms with Crippen LogP contribution in [0.15, 0.2) is 53.4 Å². The molecule has 2 heterocycles. The van der Waals surface area contributed by atoms with Crippen molar-refractivity contribution < 1.29 is 14.4 Å². The molecule has 0 bridgehead atoms. The molecule has 0 atom stereocenters. The quantitative estimate of drug-likeness (QED) is 0.606. The van der Waals surface area contributed by atoms with Crippen LogP contribution in [0.1, 0.15) is 28.4 Å². The van der Waals surface area contributed by atoms with Crippen molar-refractivity contribution in [2.45, 2.75) is 13.8 Å². The maximum absolute atomic E-state index is 13.1. The second kappa shape index (κ2) is 7.46. The predicted molar refractivity (Wildman–Crippen MR) is 117 cm³/mol. The molecule has 0 aliphatic carbocycles. The van der Waals surface area contributed by atoms with Gasteiger partial charge in [-0.05, 0) is 43.8 Å². The van der Waals surface area contributed by atoms with Gasteiger partial charge in [-0.25, -0.2) is 0 Å². The van der Waals surface area contributed by atoms with Crippen LogP contribution in [0.4, 0.5) is 5.69 Å². The van der Waals surface area contributed by atoms with Gasteiger partial charge in [-0.2, -0.15) is 5.01 Å². The Hall–Kier alpha value is -2.97. The molecule has 8 heteroatoms. The van der Waals surface area contributed by atoms with E-state index < -0.39 is 11.8 Å². The number of hydrogen-bond donors (Lipinski definition) is 1. The lowest BCUT2D eigenvalue weighted by atomic mass is 10.1. The van der Waals surface area contributed by atoms with Gasteiger partial charge in [-0.15, -0.1) is 0 Å². The van der Waals surface area contributed by atoms with Crippen LogP contribution < -0.4 is 10.3 Å². The number of aryl methyl sites for hydroxylation is 1. The van der Waals surface area contributed by atoms with Gasteiger partial charge >= 0.3 is 0 Å². The zero-order valence-electron chi connectivity index (χ0n) is 15.8. The maximum Gasteiger partial charge on any atom is 0.286 e. The molecule has 0 unspecified atom stereocenters. The van der Waals surface area contributed by atoms with Crippen LogP contribution in [-0.4, -0.2) is 33.6 Å². The largest absolute Gasteiger partial charge is 0.308 e. The topological polar surface area (TPSA) is 69.7 Å². The fraction of sp³-hybridized carbons (Fsp3) is 0.143. The van der Waals surface area contributed by atoms with E-state index >= 15 is 0 Å². The van der Waals surface area contributed by atoms with Gasteiger partial charge in [0, 0.05) is 17.7 Å². The molecular weight excluding hydrogens is 406 g/mol. The Bertz CT molecular complexity index is 1110. The number of rotatable bonds is 3. The van der Waals surface area contributed by atoms with E-state index in [1.165, 1.54) is 0 Å². The lowest BCUT2D eigenvalue weighted by molar-refractivity contribution is -0.124. The van der Waals surface area contributed by atoms with Crippen molar-refractivity contribution in [2.75, 3.05) is 11.4 Å². The van der Waals surface area contributed by atoms with Gasteiger partial charge < -0.3 is 4.90 Å². The second-order valence-electron chi connectivity index (χ2n) is 6.54. The number of hydrogen-bond acceptors (Lipinski definition) is 5. The number of carbonyl (C=O) groups is 3. The van der Waals surface area contributed by atoms with E-state index in [1.54, 1.807) is 17.0 Å². The number of thioether (sulfide) groups is 1. The number of likely N-dealkylation sites (N-methyl/N-ethyl adjacent to an activating group) is 1. The zero-order chi connectivity index (χ0) is 20.7. The van der Waals surface area contributed by atoms with E-state index in [2.05, 4.69) is 5.43 Å². The molecule has 0 saturated carbocycles. The van der Waals surface area contributed by atoms with E-state index in [1.807, 2.05) is 50.2 Å². The number of carbonyl (C=O) groups excluding carboxylic acids is 3. The predicted octanol–water partition coefficient (Wildman–Crippen LogP) is 3.28. The molecule has 0 spiro atoms. The van der Waals surface area contributed by atoms with E-state index in [-0.39, 0.29) is 15.1 Å². The molecule has 2 aromatic rings. The zero-order valence-corrected chi connectivity index (χ0v) is 17.4. The standard InChI is InChI=1S/C21H17N3O3S2/c1-3-23-15-11-7-6-10-14(15)16(19(23)26)17-20(27)24(21(28)29-17)22-18(25)13-9-5-4-8-12(13)2/h4-11H,3H2,1-2H3,(H,22,25)/b17-16-. The van der Waals surface area contributed by atoms with Crippen molar-refractivity contribution in [1.82, 2.24) is 10.4 Å². The molecular formula is C21H17N3O3S2. The lowest BCUT2D eigenvalue weighted by Crippen LogP contribution is -2.45. The van der Waals surface area contributed by atoms with E-state index in [0.29, 0.717) is 23.2 Å². The summed E-state index contributed by atoms with van der Waals surface area (Å²) in [4.78, 5) is 40.6. The van der Waals surface area contributed by atoms with Crippen LogP contribution in [0, 0.1) is 6.92 Å². The summed E-state index contributed by atoms with van der Waals surface area (Å²) in [7, 11) is 0. The molecule has 146 valence electrons. The van der Waals surface area contributed by atoms with Gasteiger partial charge in [0.25, 0.3) is 17.7 Å². The van der Waals surface area contributed by atoms with Crippen LogP contribution in [0.5, 0.6) is 0 Å². The highest BCUT2D eigenvalue weighted by molar-refractivity contribution is 8.26. The number of para-hydroxylation sites is 1. The van der Waals surface area contributed by atoms with Gasteiger partial charge in [0.1, 0.15) is 0 Å². The third-order valence-corrected chi connectivity index (χ3v) is 6.21. The average Bonchev–Trinajstić information content (AvgIpc) is 3.15. The van der Waals surface area contributed by atoms with E-state index in [9.17, 15) is 14.4 Å². The van der Waals surface area contributed by atoms with Gasteiger partial charge in [0.05, 0.1) is 16.2 Å². The number of nitrogens with one attached hydrogen (secondary N) is 1. The Morgan fingerprint density at radius 1 is 1.07 bits per heavy atom. The Kier molecular flexibility index (Phi) is 4.97. The highest BCUT2D eigenvalue weighted by Gasteiger charge is 2.42. The fourth-order valence-electron chi connectivity index (χ4n) is 3.42. The maximum atomic E-state index is 13.1. The molecule has 0 aromatic heterocycles. The minimum absolute atomic E-state index is 0.180. The molecule has 29 heavy (non-hydrogen) atoms. The highest BCUT2D eigenvalue weighted by atomic mass is 32.2. The molecule has 2 aliphatic rings. The third-order valence-electron chi connectivity index (χ3n) is 4.84. The van der Waals surface area contributed by atoms with Crippen LogP contribution in [-0.2, 0) is 9.59 Å². The van der Waals surface area contributed by atoms with Crippen LogP contribution in [0.2, 0.25) is 0 Å². The van der Waals surface area contributed by atoms with Gasteiger partial charge in [-0.1, -0.05) is 48.2 Å². The molecule has 6 nitrogen and oxygen atoms in total.